The fourth-order valence-corrected chi connectivity index (χ4v) is 4.63. The molecule has 2 aliphatic heterocycles. The van der Waals surface area contributed by atoms with Crippen molar-refractivity contribution in [1.29, 1.82) is 0 Å². The van der Waals surface area contributed by atoms with Crippen molar-refractivity contribution in [3.8, 4) is 5.75 Å². The maximum absolute atomic E-state index is 12.7. The summed E-state index contributed by atoms with van der Waals surface area (Å²) in [5.41, 5.74) is 1.72. The molecule has 0 saturated carbocycles. The first-order valence-electron chi connectivity index (χ1n) is 8.85. The Bertz CT molecular complexity index is 948. The number of alkyl halides is 3. The van der Waals surface area contributed by atoms with E-state index in [0.717, 1.165) is 0 Å². The minimum atomic E-state index is -1.80. The Kier molecular flexibility index (Phi) is 7.70. The average molecular weight is 526 g/mol. The minimum Gasteiger partial charge on any atom is -0.484 e. The number of hydrogen-bond donors (Lipinski definition) is 1. The lowest BCUT2D eigenvalue weighted by Crippen LogP contribution is -2.70. The zero-order chi connectivity index (χ0) is 22.8. The molecule has 31 heavy (non-hydrogen) atoms. The van der Waals surface area contributed by atoms with Crippen molar-refractivity contribution in [1.82, 2.24) is 10.2 Å². The number of para-hydroxylation sites is 1. The molecule has 1 fully saturated rings. The molecule has 2 heterocycles. The highest BCUT2D eigenvalue weighted by Gasteiger charge is 2.55. The number of nitrogens with one attached hydrogen (secondary N) is 1. The number of ether oxygens (including phenoxy) is 2. The van der Waals surface area contributed by atoms with Crippen LogP contribution < -0.4 is 10.1 Å². The van der Waals surface area contributed by atoms with Crippen LogP contribution in [0.3, 0.4) is 0 Å². The summed E-state index contributed by atoms with van der Waals surface area (Å²) in [4.78, 5) is 39.4. The van der Waals surface area contributed by atoms with Crippen LogP contribution >= 0.6 is 58.2 Å². The van der Waals surface area contributed by atoms with E-state index in [-0.39, 0.29) is 12.3 Å². The quantitative estimate of drug-likeness (QED) is 0.346. The Hall–Kier alpha value is -1.58. The summed E-state index contributed by atoms with van der Waals surface area (Å²) in [5.74, 6) is -1.27. The average Bonchev–Trinajstić information content (AvgIpc) is 2.74. The summed E-state index contributed by atoms with van der Waals surface area (Å²) in [6.45, 7) is 0.858. The second-order valence-corrected chi connectivity index (χ2v) is 10.4. The topological polar surface area (TPSA) is 84.9 Å². The van der Waals surface area contributed by atoms with E-state index >= 15 is 0 Å². The Morgan fingerprint density at radius 1 is 1.26 bits per heavy atom. The van der Waals surface area contributed by atoms with Crippen LogP contribution in [0.15, 0.2) is 52.0 Å². The monoisotopic (exact) mass is 524 g/mol. The molecule has 0 aliphatic carbocycles. The van der Waals surface area contributed by atoms with Crippen molar-refractivity contribution >= 4 is 75.9 Å². The number of fused-ring (bicyclic) bond motifs is 1. The molecule has 2 aliphatic rings. The van der Waals surface area contributed by atoms with Crippen molar-refractivity contribution < 1.29 is 23.9 Å². The van der Waals surface area contributed by atoms with Gasteiger partial charge in [-0.1, -0.05) is 76.4 Å². The molecule has 0 aromatic heterocycles. The fourth-order valence-electron chi connectivity index (χ4n) is 2.93. The number of amides is 2. The lowest BCUT2D eigenvalue weighted by Gasteiger charge is -2.49. The van der Waals surface area contributed by atoms with Gasteiger partial charge in [0.2, 0.25) is 3.79 Å². The first-order chi connectivity index (χ1) is 14.6. The molecule has 0 bridgehead atoms. The summed E-state index contributed by atoms with van der Waals surface area (Å²) in [5, 5.41) is 2.04. The number of rotatable bonds is 6. The molecular weight excluding hydrogens is 510 g/mol. The van der Waals surface area contributed by atoms with Crippen LogP contribution in [0.5, 0.6) is 5.75 Å². The molecule has 2 amide bonds. The van der Waals surface area contributed by atoms with E-state index in [1.54, 1.807) is 31.2 Å². The number of carbonyl (C=O) groups excluding carboxylic acids is 3. The molecule has 0 radical (unpaired) electrons. The van der Waals surface area contributed by atoms with Gasteiger partial charge in [0.25, 0.3) is 11.8 Å². The number of carbonyl (C=O) groups is 3. The van der Waals surface area contributed by atoms with E-state index in [9.17, 15) is 14.4 Å². The van der Waals surface area contributed by atoms with Crippen LogP contribution in [0.4, 0.5) is 0 Å². The van der Waals surface area contributed by atoms with Crippen molar-refractivity contribution in [2.24, 2.45) is 0 Å². The van der Waals surface area contributed by atoms with Crippen LogP contribution in [0, 0.1) is 0 Å². The number of thioether (sulfide) groups is 1. The van der Waals surface area contributed by atoms with Gasteiger partial charge in [-0.15, -0.1) is 0 Å². The molecule has 166 valence electrons. The summed E-state index contributed by atoms with van der Waals surface area (Å²) < 4.78 is 8.64. The summed E-state index contributed by atoms with van der Waals surface area (Å²) in [6, 6.07) is 7.92. The molecule has 3 rings (SSSR count). The van der Waals surface area contributed by atoms with Gasteiger partial charge in [0.1, 0.15) is 29.5 Å². The van der Waals surface area contributed by atoms with Crippen LogP contribution in [-0.4, -0.2) is 51.1 Å². The highest BCUT2D eigenvalue weighted by atomic mass is 35.6. The predicted molar refractivity (Wildman–Crippen MR) is 120 cm³/mol. The van der Waals surface area contributed by atoms with Gasteiger partial charge in [-0.05, 0) is 24.6 Å². The van der Waals surface area contributed by atoms with E-state index in [4.69, 9.17) is 55.9 Å². The molecule has 7 nitrogen and oxygen atoms in total. The third-order valence-corrected chi connectivity index (χ3v) is 6.42. The van der Waals surface area contributed by atoms with E-state index in [0.29, 0.717) is 16.2 Å². The van der Waals surface area contributed by atoms with Gasteiger partial charge in [-0.2, -0.15) is 0 Å². The number of allylic oxidation sites excluding steroid dienone is 1. The van der Waals surface area contributed by atoms with Gasteiger partial charge < -0.3 is 14.8 Å². The molecule has 2 unspecified atom stereocenters. The summed E-state index contributed by atoms with van der Waals surface area (Å²) >= 11 is 24.0. The van der Waals surface area contributed by atoms with Crippen LogP contribution in [0.2, 0.25) is 0 Å². The SMILES string of the molecule is CC1=C(C(=O)OCC(Cl)(Cl)Cl)N2C(=O)C(NC(=O)COc3ccccc3)C2S/C1=C\Cl. The van der Waals surface area contributed by atoms with E-state index in [1.807, 2.05) is 6.07 Å². The molecule has 2 atom stereocenters. The smallest absolute Gasteiger partial charge is 0.355 e. The molecule has 1 aromatic carbocycles. The Balaban J connectivity index is 1.69. The number of halogens is 4. The second-order valence-electron chi connectivity index (χ2n) is 6.50. The predicted octanol–water partition coefficient (Wildman–Crippen LogP) is 3.73. The standard InChI is InChI=1S/C19H16Cl4N2O5S/c1-10-12(7-20)31-17-14(24-13(26)8-29-11-5-3-2-4-6-11)16(27)25(17)15(10)18(28)30-9-19(21,22)23/h2-7,14,17H,8-9H2,1H3,(H,24,26)/b12-7-. The molecular formula is C19H16Cl4N2O5S. The van der Waals surface area contributed by atoms with Gasteiger partial charge in [-0.3, -0.25) is 14.5 Å². The number of benzene rings is 1. The van der Waals surface area contributed by atoms with E-state index < -0.39 is 39.6 Å². The first kappa shape index (κ1) is 24.1. The van der Waals surface area contributed by atoms with Crippen molar-refractivity contribution in [3.05, 3.63) is 52.0 Å². The van der Waals surface area contributed by atoms with Crippen molar-refractivity contribution in [3.63, 3.8) is 0 Å². The second kappa shape index (κ2) is 9.92. The summed E-state index contributed by atoms with van der Waals surface area (Å²) in [7, 11) is 0. The van der Waals surface area contributed by atoms with Gasteiger partial charge in [0.05, 0.1) is 0 Å². The molecule has 12 heteroatoms. The van der Waals surface area contributed by atoms with E-state index in [1.165, 1.54) is 22.2 Å². The number of esters is 1. The highest BCUT2D eigenvalue weighted by Crippen LogP contribution is 2.46. The highest BCUT2D eigenvalue weighted by molar-refractivity contribution is 8.04. The normalized spacial score (nSPS) is 22.0. The minimum absolute atomic E-state index is 0.0130. The Morgan fingerprint density at radius 3 is 2.55 bits per heavy atom. The number of β-lactam (4-membered cyclic amide) rings is 1. The van der Waals surface area contributed by atoms with Crippen molar-refractivity contribution in [2.75, 3.05) is 13.2 Å². The van der Waals surface area contributed by atoms with E-state index in [2.05, 4.69) is 5.32 Å². The number of nitrogens with zero attached hydrogens (tertiary/aromatic N) is 1. The van der Waals surface area contributed by atoms with Gasteiger partial charge in [0.15, 0.2) is 6.61 Å². The fraction of sp³-hybridized carbons (Fsp3) is 0.316. The lowest BCUT2D eigenvalue weighted by molar-refractivity contribution is -0.153. The lowest BCUT2D eigenvalue weighted by atomic mass is 10.0. The molecule has 1 saturated heterocycles. The van der Waals surface area contributed by atoms with Crippen LogP contribution in [0.25, 0.3) is 0 Å². The number of hydrogen-bond acceptors (Lipinski definition) is 6. The van der Waals surface area contributed by atoms with Gasteiger partial charge in [0, 0.05) is 10.4 Å². The van der Waals surface area contributed by atoms with Gasteiger partial charge in [-0.25, -0.2) is 4.79 Å². The van der Waals surface area contributed by atoms with Crippen molar-refractivity contribution in [2.45, 2.75) is 22.1 Å². The van der Waals surface area contributed by atoms with Crippen LogP contribution in [0.1, 0.15) is 6.92 Å². The zero-order valence-electron chi connectivity index (χ0n) is 15.9. The maximum atomic E-state index is 12.7. The molecule has 1 N–H and O–H groups in total. The molecule has 0 spiro atoms. The molecule has 1 aromatic rings. The third-order valence-electron chi connectivity index (χ3n) is 4.35. The first-order valence-corrected chi connectivity index (χ1v) is 11.3. The zero-order valence-corrected chi connectivity index (χ0v) is 19.8. The Labute approximate surface area is 202 Å². The summed E-state index contributed by atoms with van der Waals surface area (Å²) in [6.07, 6.45) is 0. The van der Waals surface area contributed by atoms with Gasteiger partial charge >= 0.3 is 5.97 Å². The third kappa shape index (κ3) is 5.62. The maximum Gasteiger partial charge on any atom is 0.355 e. The van der Waals surface area contributed by atoms with Crippen LogP contribution in [-0.2, 0) is 19.1 Å². The largest absolute Gasteiger partial charge is 0.484 e. The Morgan fingerprint density at radius 2 is 1.94 bits per heavy atom.